The molecule has 0 fully saturated rings. The number of unbranched alkanes of at least 4 members (excludes halogenated alkanes) is 1. The minimum Gasteiger partial charge on any atom is -0.382 e. The molecule has 0 heterocycles. The zero-order chi connectivity index (χ0) is 15.0. The lowest BCUT2D eigenvalue weighted by Crippen LogP contribution is -2.36. The minimum absolute atomic E-state index is 0.0456. The predicted molar refractivity (Wildman–Crippen MR) is 87.3 cm³/mol. The van der Waals surface area contributed by atoms with Gasteiger partial charge in [-0.2, -0.15) is 0 Å². The normalized spacial score (nSPS) is 13.8. The summed E-state index contributed by atoms with van der Waals surface area (Å²) in [6.45, 7) is 4.23. The van der Waals surface area contributed by atoms with Crippen molar-refractivity contribution in [2.24, 2.45) is 5.92 Å². The molecule has 2 unspecified atom stereocenters. The number of hydrogen-bond donors (Lipinski definition) is 1. The number of hydrogen-bond acceptors (Lipinski definition) is 4. The van der Waals surface area contributed by atoms with Crippen molar-refractivity contribution >= 4 is 23.2 Å². The molecule has 0 aliphatic rings. The van der Waals surface area contributed by atoms with Crippen molar-refractivity contribution in [3.63, 3.8) is 0 Å². The summed E-state index contributed by atoms with van der Waals surface area (Å²) in [5.41, 5.74) is 0.440. The predicted octanol–water partition coefficient (Wildman–Crippen LogP) is 3.18. The maximum absolute atomic E-state index is 11.8. The van der Waals surface area contributed by atoms with Crippen molar-refractivity contribution in [3.8, 4) is 0 Å². The first-order valence-corrected chi connectivity index (χ1v) is 8.17. The van der Waals surface area contributed by atoms with Gasteiger partial charge in [-0.25, -0.2) is 0 Å². The highest BCUT2D eigenvalue weighted by atomic mass is 32.2. The summed E-state index contributed by atoms with van der Waals surface area (Å²) in [4.78, 5) is 13.8. The highest BCUT2D eigenvalue weighted by Gasteiger charge is 2.25. The van der Waals surface area contributed by atoms with Gasteiger partial charge in [0.05, 0.1) is 5.92 Å². The highest BCUT2D eigenvalue weighted by molar-refractivity contribution is 7.99. The van der Waals surface area contributed by atoms with E-state index in [1.807, 2.05) is 42.3 Å². The number of carbonyl (C=O) groups is 1. The SMILES string of the molecule is CCCCSC(O)C(CN(C)c1ccccc1)C(C)=O. The maximum atomic E-state index is 11.8. The molecular weight excluding hydrogens is 270 g/mol. The molecule has 0 bridgehead atoms. The molecule has 0 aliphatic carbocycles. The number of thioether (sulfide) groups is 1. The van der Waals surface area contributed by atoms with Crippen LogP contribution >= 0.6 is 11.8 Å². The van der Waals surface area contributed by atoms with E-state index in [0.29, 0.717) is 6.54 Å². The van der Waals surface area contributed by atoms with E-state index in [-0.39, 0.29) is 11.7 Å². The number of ketones is 1. The number of carbonyl (C=O) groups excluding carboxylic acids is 1. The van der Waals surface area contributed by atoms with Crippen LogP contribution in [0, 0.1) is 5.92 Å². The van der Waals surface area contributed by atoms with Gasteiger partial charge >= 0.3 is 0 Å². The summed E-state index contributed by atoms with van der Waals surface area (Å²) >= 11 is 1.48. The van der Waals surface area contributed by atoms with Gasteiger partial charge in [0.25, 0.3) is 0 Å². The third-order valence-electron chi connectivity index (χ3n) is 3.32. The van der Waals surface area contributed by atoms with Gasteiger partial charge in [-0.1, -0.05) is 31.5 Å². The van der Waals surface area contributed by atoms with Crippen LogP contribution in [0.5, 0.6) is 0 Å². The van der Waals surface area contributed by atoms with Crippen molar-refractivity contribution in [1.82, 2.24) is 0 Å². The lowest BCUT2D eigenvalue weighted by Gasteiger charge is -2.27. The molecule has 112 valence electrons. The van der Waals surface area contributed by atoms with E-state index in [4.69, 9.17) is 0 Å². The Morgan fingerprint density at radius 2 is 2.00 bits per heavy atom. The molecule has 0 aliphatic heterocycles. The molecule has 0 spiro atoms. The van der Waals surface area contributed by atoms with E-state index in [1.54, 1.807) is 6.92 Å². The second-order valence-electron chi connectivity index (χ2n) is 5.05. The van der Waals surface area contributed by atoms with Gasteiger partial charge in [-0.15, -0.1) is 11.8 Å². The second kappa shape index (κ2) is 9.03. The summed E-state index contributed by atoms with van der Waals surface area (Å²) in [5, 5.41) is 10.2. The quantitative estimate of drug-likeness (QED) is 0.561. The monoisotopic (exact) mass is 295 g/mol. The molecule has 1 aromatic carbocycles. The zero-order valence-corrected chi connectivity index (χ0v) is 13.4. The summed E-state index contributed by atoms with van der Waals surface area (Å²) in [7, 11) is 1.95. The molecular formula is C16H25NO2S. The van der Waals surface area contributed by atoms with Crippen LogP contribution < -0.4 is 4.90 Å². The molecule has 4 heteroatoms. The standard InChI is InChI=1S/C16H25NO2S/c1-4-5-11-20-16(19)15(13(2)18)12-17(3)14-9-7-6-8-10-14/h6-10,15-16,19H,4-5,11-12H2,1-3H3. The highest BCUT2D eigenvalue weighted by Crippen LogP contribution is 2.22. The van der Waals surface area contributed by atoms with Crippen molar-refractivity contribution in [3.05, 3.63) is 30.3 Å². The van der Waals surface area contributed by atoms with Crippen LogP contribution in [0.3, 0.4) is 0 Å². The van der Waals surface area contributed by atoms with Gasteiger partial charge in [0.15, 0.2) is 0 Å². The number of Topliss-reactive ketones (excluding diaryl/α,β-unsaturated/α-hetero) is 1. The Morgan fingerprint density at radius 1 is 1.35 bits per heavy atom. The summed E-state index contributed by atoms with van der Waals surface area (Å²) in [5.74, 6) is 0.600. The summed E-state index contributed by atoms with van der Waals surface area (Å²) in [6.07, 6.45) is 2.18. The lowest BCUT2D eigenvalue weighted by atomic mass is 10.1. The van der Waals surface area contributed by atoms with Gasteiger partial charge in [0.1, 0.15) is 11.2 Å². The van der Waals surface area contributed by atoms with Gasteiger partial charge < -0.3 is 10.0 Å². The Kier molecular flexibility index (Phi) is 7.70. The van der Waals surface area contributed by atoms with E-state index in [1.165, 1.54) is 11.8 Å². The second-order valence-corrected chi connectivity index (χ2v) is 6.27. The minimum atomic E-state index is -0.620. The molecule has 1 rings (SSSR count). The number of para-hydroxylation sites is 1. The number of rotatable bonds is 9. The van der Waals surface area contributed by atoms with Gasteiger partial charge in [0.2, 0.25) is 0 Å². The van der Waals surface area contributed by atoms with Crippen LogP contribution in [0.4, 0.5) is 5.69 Å². The van der Waals surface area contributed by atoms with E-state index in [2.05, 4.69) is 6.92 Å². The average Bonchev–Trinajstić information content (AvgIpc) is 2.45. The van der Waals surface area contributed by atoms with Crippen LogP contribution in [0.2, 0.25) is 0 Å². The molecule has 2 atom stereocenters. The molecule has 1 aromatic rings. The van der Waals surface area contributed by atoms with Crippen molar-refractivity contribution in [1.29, 1.82) is 0 Å². The Labute approximate surface area is 126 Å². The third-order valence-corrected chi connectivity index (χ3v) is 4.51. The molecule has 0 saturated carbocycles. The van der Waals surface area contributed by atoms with Crippen LogP contribution in [0.15, 0.2) is 30.3 Å². The van der Waals surface area contributed by atoms with E-state index in [0.717, 1.165) is 24.3 Å². The van der Waals surface area contributed by atoms with E-state index in [9.17, 15) is 9.90 Å². The zero-order valence-electron chi connectivity index (χ0n) is 12.6. The first kappa shape index (κ1) is 17.1. The van der Waals surface area contributed by atoms with Crippen LogP contribution in [0.1, 0.15) is 26.7 Å². The molecule has 20 heavy (non-hydrogen) atoms. The van der Waals surface area contributed by atoms with E-state index < -0.39 is 5.44 Å². The number of nitrogens with zero attached hydrogens (tertiary/aromatic N) is 1. The van der Waals surface area contributed by atoms with Gasteiger partial charge in [-0.3, -0.25) is 4.79 Å². The van der Waals surface area contributed by atoms with E-state index >= 15 is 0 Å². The lowest BCUT2D eigenvalue weighted by molar-refractivity contribution is -0.122. The average molecular weight is 295 g/mol. The number of aliphatic hydroxyl groups is 1. The largest absolute Gasteiger partial charge is 0.382 e. The Balaban J connectivity index is 2.60. The molecule has 1 N–H and O–H groups in total. The Hall–Kier alpha value is -1.00. The molecule has 3 nitrogen and oxygen atoms in total. The number of anilines is 1. The van der Waals surface area contributed by atoms with Crippen LogP contribution in [0.25, 0.3) is 0 Å². The molecule has 0 saturated heterocycles. The van der Waals surface area contributed by atoms with Crippen LogP contribution in [-0.2, 0) is 4.79 Å². The molecule has 0 aromatic heterocycles. The van der Waals surface area contributed by atoms with Gasteiger partial charge in [0, 0.05) is 19.3 Å². The third kappa shape index (κ3) is 5.55. The fourth-order valence-electron chi connectivity index (χ4n) is 1.97. The number of aliphatic hydroxyl groups excluding tert-OH is 1. The van der Waals surface area contributed by atoms with Crippen molar-refractivity contribution in [2.45, 2.75) is 32.1 Å². The maximum Gasteiger partial charge on any atom is 0.138 e. The van der Waals surface area contributed by atoms with Crippen molar-refractivity contribution < 1.29 is 9.90 Å². The topological polar surface area (TPSA) is 40.5 Å². The Morgan fingerprint density at radius 3 is 2.55 bits per heavy atom. The summed E-state index contributed by atoms with van der Waals surface area (Å²) in [6, 6.07) is 9.93. The number of benzene rings is 1. The van der Waals surface area contributed by atoms with Crippen LogP contribution in [-0.4, -0.2) is 35.7 Å². The first-order chi connectivity index (χ1) is 9.56. The van der Waals surface area contributed by atoms with Crippen molar-refractivity contribution in [2.75, 3.05) is 24.2 Å². The fourth-order valence-corrected chi connectivity index (χ4v) is 3.17. The molecule has 0 radical (unpaired) electrons. The smallest absolute Gasteiger partial charge is 0.138 e. The molecule has 0 amide bonds. The fraction of sp³-hybridized carbons (Fsp3) is 0.562. The van der Waals surface area contributed by atoms with Gasteiger partial charge in [-0.05, 0) is 31.2 Å². The Bertz CT molecular complexity index is 397. The summed E-state index contributed by atoms with van der Waals surface area (Å²) < 4.78 is 0. The first-order valence-electron chi connectivity index (χ1n) is 7.12.